The lowest BCUT2D eigenvalue weighted by molar-refractivity contribution is -0.117. The Balaban J connectivity index is 1.57. The van der Waals surface area contributed by atoms with Crippen molar-refractivity contribution in [2.75, 3.05) is 18.9 Å². The third kappa shape index (κ3) is 3.67. The Morgan fingerprint density at radius 3 is 2.88 bits per heavy atom. The first kappa shape index (κ1) is 16.7. The average Bonchev–Trinajstić information content (AvgIpc) is 3.21. The van der Waals surface area contributed by atoms with Gasteiger partial charge in [0.05, 0.1) is 24.5 Å². The summed E-state index contributed by atoms with van der Waals surface area (Å²) >= 11 is 0. The van der Waals surface area contributed by atoms with Gasteiger partial charge in [0, 0.05) is 18.2 Å². The second kappa shape index (κ2) is 6.76. The maximum absolute atomic E-state index is 12.3. The zero-order valence-electron chi connectivity index (χ0n) is 14.7. The molecule has 0 bridgehead atoms. The molecule has 1 saturated carbocycles. The van der Waals surface area contributed by atoms with Crippen LogP contribution in [0.2, 0.25) is 0 Å². The zero-order valence-corrected chi connectivity index (χ0v) is 14.7. The SMILES string of the molecule is Cc1noc(C)c1CN(C)CC(=O)Nc1ccnn1[C@H](C)C1CC1. The maximum Gasteiger partial charge on any atom is 0.239 e. The molecule has 7 nitrogen and oxygen atoms in total. The van der Waals surface area contributed by atoms with Crippen LogP contribution in [0.25, 0.3) is 0 Å². The highest BCUT2D eigenvalue weighted by atomic mass is 16.5. The normalized spacial score (nSPS) is 15.7. The summed E-state index contributed by atoms with van der Waals surface area (Å²) < 4.78 is 7.09. The van der Waals surface area contributed by atoms with Gasteiger partial charge in [-0.3, -0.25) is 9.69 Å². The van der Waals surface area contributed by atoms with Crippen LogP contribution in [0.1, 0.15) is 42.8 Å². The van der Waals surface area contributed by atoms with E-state index < -0.39 is 0 Å². The van der Waals surface area contributed by atoms with E-state index in [2.05, 4.69) is 22.5 Å². The van der Waals surface area contributed by atoms with Crippen LogP contribution in [0.4, 0.5) is 5.82 Å². The number of rotatable bonds is 7. The first-order valence-electron chi connectivity index (χ1n) is 8.39. The molecule has 1 N–H and O–H groups in total. The highest BCUT2D eigenvalue weighted by Crippen LogP contribution is 2.40. The fraction of sp³-hybridized carbons (Fsp3) is 0.588. The van der Waals surface area contributed by atoms with Crippen LogP contribution in [0.3, 0.4) is 0 Å². The van der Waals surface area contributed by atoms with Crippen molar-refractivity contribution in [3.63, 3.8) is 0 Å². The first-order chi connectivity index (χ1) is 11.5. The quantitative estimate of drug-likeness (QED) is 0.844. The van der Waals surface area contributed by atoms with Crippen LogP contribution in [-0.2, 0) is 11.3 Å². The maximum atomic E-state index is 12.3. The number of amides is 1. The van der Waals surface area contributed by atoms with Crippen molar-refractivity contribution in [1.29, 1.82) is 0 Å². The molecule has 0 radical (unpaired) electrons. The number of nitrogens with zero attached hydrogens (tertiary/aromatic N) is 4. The smallest absolute Gasteiger partial charge is 0.239 e. The average molecular weight is 331 g/mol. The van der Waals surface area contributed by atoms with Gasteiger partial charge in [-0.25, -0.2) is 4.68 Å². The molecule has 0 spiro atoms. The molecule has 7 heteroatoms. The molecule has 2 aromatic rings. The third-order valence-electron chi connectivity index (χ3n) is 4.65. The van der Waals surface area contributed by atoms with Gasteiger partial charge in [0.15, 0.2) is 0 Å². The molecule has 2 heterocycles. The van der Waals surface area contributed by atoms with Crippen LogP contribution >= 0.6 is 0 Å². The van der Waals surface area contributed by atoms with Crippen LogP contribution in [-0.4, -0.2) is 39.3 Å². The van der Waals surface area contributed by atoms with Gasteiger partial charge >= 0.3 is 0 Å². The second-order valence-electron chi connectivity index (χ2n) is 6.76. The van der Waals surface area contributed by atoms with Crippen molar-refractivity contribution in [2.45, 2.75) is 46.2 Å². The molecule has 1 atom stereocenters. The van der Waals surface area contributed by atoms with Gasteiger partial charge < -0.3 is 9.84 Å². The van der Waals surface area contributed by atoms with E-state index in [9.17, 15) is 4.79 Å². The second-order valence-corrected chi connectivity index (χ2v) is 6.76. The summed E-state index contributed by atoms with van der Waals surface area (Å²) in [5.74, 6) is 2.21. The number of aromatic nitrogens is 3. The Labute approximate surface area is 142 Å². The lowest BCUT2D eigenvalue weighted by atomic mass is 10.2. The van der Waals surface area contributed by atoms with Gasteiger partial charge in [0.1, 0.15) is 11.6 Å². The number of anilines is 1. The summed E-state index contributed by atoms with van der Waals surface area (Å²) in [6.45, 7) is 6.89. The Morgan fingerprint density at radius 1 is 1.50 bits per heavy atom. The summed E-state index contributed by atoms with van der Waals surface area (Å²) in [6.07, 6.45) is 4.23. The van der Waals surface area contributed by atoms with Crippen LogP contribution < -0.4 is 5.32 Å². The van der Waals surface area contributed by atoms with Crippen molar-refractivity contribution >= 4 is 11.7 Å². The predicted molar refractivity (Wildman–Crippen MR) is 90.6 cm³/mol. The largest absolute Gasteiger partial charge is 0.361 e. The number of hydrogen-bond acceptors (Lipinski definition) is 5. The fourth-order valence-corrected chi connectivity index (χ4v) is 3.00. The molecule has 3 rings (SSSR count). The lowest BCUT2D eigenvalue weighted by Gasteiger charge is -2.18. The molecule has 0 saturated heterocycles. The monoisotopic (exact) mass is 331 g/mol. The molecule has 0 aromatic carbocycles. The summed E-state index contributed by atoms with van der Waals surface area (Å²) in [5, 5.41) is 11.3. The minimum Gasteiger partial charge on any atom is -0.361 e. The van der Waals surface area contributed by atoms with Gasteiger partial charge in [-0.05, 0) is 46.6 Å². The van der Waals surface area contributed by atoms with E-state index >= 15 is 0 Å². The predicted octanol–water partition coefficient (Wildman–Crippen LogP) is 2.53. The lowest BCUT2D eigenvalue weighted by Crippen LogP contribution is -2.31. The molecule has 130 valence electrons. The third-order valence-corrected chi connectivity index (χ3v) is 4.65. The molecule has 0 unspecified atom stereocenters. The van der Waals surface area contributed by atoms with Gasteiger partial charge in [-0.2, -0.15) is 5.10 Å². The van der Waals surface area contributed by atoms with E-state index in [4.69, 9.17) is 4.52 Å². The number of likely N-dealkylation sites (N-methyl/N-ethyl adjacent to an activating group) is 1. The highest BCUT2D eigenvalue weighted by molar-refractivity contribution is 5.91. The molecule has 0 aliphatic heterocycles. The van der Waals surface area contributed by atoms with Crippen LogP contribution in [0, 0.1) is 19.8 Å². The van der Waals surface area contributed by atoms with E-state index in [-0.39, 0.29) is 5.91 Å². The van der Waals surface area contributed by atoms with E-state index in [1.807, 2.05) is 36.5 Å². The number of carbonyl (C=O) groups excluding carboxylic acids is 1. The Hall–Kier alpha value is -2.15. The number of nitrogens with one attached hydrogen (secondary N) is 1. The summed E-state index contributed by atoms with van der Waals surface area (Å²) in [4.78, 5) is 14.3. The standard InChI is InChI=1S/C17H25N5O2/c1-11-15(13(3)24-20-11)9-21(4)10-17(23)19-16-7-8-18-22(16)12(2)14-5-6-14/h7-8,12,14H,5-6,9-10H2,1-4H3,(H,19,23)/t12-/m1/s1. The van der Waals surface area contributed by atoms with Crippen molar-refractivity contribution in [2.24, 2.45) is 5.92 Å². The molecule has 1 aliphatic rings. The minimum atomic E-state index is -0.0472. The molecule has 1 fully saturated rings. The molecule has 1 aliphatic carbocycles. The van der Waals surface area contributed by atoms with Crippen molar-refractivity contribution in [1.82, 2.24) is 19.8 Å². The van der Waals surface area contributed by atoms with E-state index in [1.54, 1.807) is 6.20 Å². The van der Waals surface area contributed by atoms with Gasteiger partial charge in [0.25, 0.3) is 0 Å². The van der Waals surface area contributed by atoms with Gasteiger partial charge in [0.2, 0.25) is 5.91 Å². The molecule has 24 heavy (non-hydrogen) atoms. The van der Waals surface area contributed by atoms with Crippen LogP contribution in [0.5, 0.6) is 0 Å². The molecular weight excluding hydrogens is 306 g/mol. The molecule has 1 amide bonds. The number of aryl methyl sites for hydroxylation is 2. The zero-order chi connectivity index (χ0) is 17.3. The van der Waals surface area contributed by atoms with Crippen molar-refractivity contribution in [3.05, 3.63) is 29.3 Å². The Bertz CT molecular complexity index is 697. The van der Waals surface area contributed by atoms with Gasteiger partial charge in [-0.15, -0.1) is 0 Å². The summed E-state index contributed by atoms with van der Waals surface area (Å²) in [7, 11) is 1.91. The molecule has 2 aromatic heterocycles. The summed E-state index contributed by atoms with van der Waals surface area (Å²) in [6, 6.07) is 2.18. The Morgan fingerprint density at radius 2 is 2.25 bits per heavy atom. The minimum absolute atomic E-state index is 0.0472. The van der Waals surface area contributed by atoms with Crippen molar-refractivity contribution in [3.8, 4) is 0 Å². The van der Waals surface area contributed by atoms with E-state index in [0.29, 0.717) is 25.0 Å². The molecular formula is C17H25N5O2. The van der Waals surface area contributed by atoms with Crippen LogP contribution in [0.15, 0.2) is 16.8 Å². The number of hydrogen-bond donors (Lipinski definition) is 1. The summed E-state index contributed by atoms with van der Waals surface area (Å²) in [5.41, 5.74) is 1.91. The number of carbonyl (C=O) groups is 1. The van der Waals surface area contributed by atoms with E-state index in [0.717, 1.165) is 22.8 Å². The van der Waals surface area contributed by atoms with Crippen molar-refractivity contribution < 1.29 is 9.32 Å². The highest BCUT2D eigenvalue weighted by Gasteiger charge is 2.30. The van der Waals surface area contributed by atoms with E-state index in [1.165, 1.54) is 12.8 Å². The topological polar surface area (TPSA) is 76.2 Å². The first-order valence-corrected chi connectivity index (χ1v) is 8.39. The van der Waals surface area contributed by atoms with Gasteiger partial charge in [-0.1, -0.05) is 5.16 Å². The Kier molecular flexibility index (Phi) is 4.71. The fourth-order valence-electron chi connectivity index (χ4n) is 3.00.